The Morgan fingerprint density at radius 3 is 2.86 bits per heavy atom. The number of amides is 1. The van der Waals surface area contributed by atoms with E-state index < -0.39 is 23.9 Å². The summed E-state index contributed by atoms with van der Waals surface area (Å²) in [6.07, 6.45) is -0.184. The average molecular weight is 285 g/mol. The number of aliphatic hydroxyl groups excluding tert-OH is 1. The summed E-state index contributed by atoms with van der Waals surface area (Å²) in [7, 11) is 0. The van der Waals surface area contributed by atoms with Gasteiger partial charge >= 0.3 is 0 Å². The summed E-state index contributed by atoms with van der Waals surface area (Å²) in [6, 6.07) is 11.5. The molecule has 1 aliphatic carbocycles. The van der Waals surface area contributed by atoms with Gasteiger partial charge in [0.1, 0.15) is 5.82 Å². The van der Waals surface area contributed by atoms with Crippen molar-refractivity contribution in [3.63, 3.8) is 0 Å². The molecule has 3 nitrogen and oxygen atoms in total. The Balaban J connectivity index is 1.87. The molecule has 0 aliphatic heterocycles. The zero-order valence-corrected chi connectivity index (χ0v) is 11.6. The number of benzene rings is 2. The number of carbonyl (C=O) groups excluding carboxylic acids is 1. The number of aliphatic hydroxyl groups is 1. The van der Waals surface area contributed by atoms with E-state index in [0.29, 0.717) is 6.42 Å². The van der Waals surface area contributed by atoms with Crippen LogP contribution in [-0.2, 0) is 6.42 Å². The number of aryl methyl sites for hydroxylation is 1. The standard InChI is InChI=1S/C17H16FNO2/c1-10-6-7-14(18)13(8-10)17(21)19-16-12-5-3-2-4-11(12)9-15(16)20/h2-8,15-16,20H,9H2,1H3,(H,19,21)/t15-,16+/m0/s1. The van der Waals surface area contributed by atoms with Gasteiger partial charge in [-0.1, -0.05) is 35.9 Å². The Hall–Kier alpha value is -2.20. The number of hydrogen-bond acceptors (Lipinski definition) is 2. The van der Waals surface area contributed by atoms with Crippen LogP contribution in [-0.4, -0.2) is 17.1 Å². The van der Waals surface area contributed by atoms with Crippen molar-refractivity contribution in [2.24, 2.45) is 0 Å². The van der Waals surface area contributed by atoms with Gasteiger partial charge in [0, 0.05) is 6.42 Å². The minimum atomic E-state index is -0.681. The fourth-order valence-electron chi connectivity index (χ4n) is 2.78. The van der Waals surface area contributed by atoms with E-state index >= 15 is 0 Å². The quantitative estimate of drug-likeness (QED) is 0.890. The maximum absolute atomic E-state index is 13.8. The number of nitrogens with one attached hydrogen (secondary N) is 1. The van der Waals surface area contributed by atoms with E-state index in [2.05, 4.69) is 5.32 Å². The van der Waals surface area contributed by atoms with E-state index in [4.69, 9.17) is 0 Å². The van der Waals surface area contributed by atoms with Gasteiger partial charge in [-0.05, 0) is 30.2 Å². The molecule has 3 rings (SSSR count). The predicted molar refractivity (Wildman–Crippen MR) is 77.5 cm³/mol. The molecule has 1 aliphatic rings. The highest BCUT2D eigenvalue weighted by Crippen LogP contribution is 2.31. The molecular weight excluding hydrogens is 269 g/mol. The molecule has 0 aromatic heterocycles. The number of hydrogen-bond donors (Lipinski definition) is 2. The van der Waals surface area contributed by atoms with Gasteiger partial charge in [0.05, 0.1) is 17.7 Å². The van der Waals surface area contributed by atoms with Crippen LogP contribution in [0.1, 0.15) is 33.1 Å². The van der Waals surface area contributed by atoms with Crippen molar-refractivity contribution >= 4 is 5.91 Å². The molecule has 2 N–H and O–H groups in total. The van der Waals surface area contributed by atoms with Crippen LogP contribution in [0.15, 0.2) is 42.5 Å². The van der Waals surface area contributed by atoms with Crippen molar-refractivity contribution in [2.75, 3.05) is 0 Å². The minimum absolute atomic E-state index is 0.00609. The molecule has 2 aromatic rings. The Bertz CT molecular complexity index is 699. The first-order valence-electron chi connectivity index (χ1n) is 6.89. The molecule has 4 heteroatoms. The first-order chi connectivity index (χ1) is 10.1. The molecule has 0 bridgehead atoms. The number of rotatable bonds is 2. The fraction of sp³-hybridized carbons (Fsp3) is 0.235. The molecule has 0 heterocycles. The largest absolute Gasteiger partial charge is 0.390 e. The summed E-state index contributed by atoms with van der Waals surface area (Å²) < 4.78 is 13.8. The molecule has 2 aromatic carbocycles. The van der Waals surface area contributed by atoms with Gasteiger partial charge in [0.2, 0.25) is 0 Å². The maximum atomic E-state index is 13.8. The van der Waals surface area contributed by atoms with Crippen molar-refractivity contribution in [1.82, 2.24) is 5.32 Å². The van der Waals surface area contributed by atoms with E-state index in [0.717, 1.165) is 16.7 Å². The Morgan fingerprint density at radius 2 is 2.05 bits per heavy atom. The van der Waals surface area contributed by atoms with Gasteiger partial charge in [-0.3, -0.25) is 4.79 Å². The summed E-state index contributed by atoms with van der Waals surface area (Å²) >= 11 is 0. The van der Waals surface area contributed by atoms with E-state index in [1.54, 1.807) is 13.0 Å². The Labute approximate surface area is 122 Å². The lowest BCUT2D eigenvalue weighted by Gasteiger charge is -2.18. The zero-order valence-electron chi connectivity index (χ0n) is 11.6. The highest BCUT2D eigenvalue weighted by molar-refractivity contribution is 5.95. The number of fused-ring (bicyclic) bond motifs is 1. The lowest BCUT2D eigenvalue weighted by Crippen LogP contribution is -2.34. The van der Waals surface area contributed by atoms with Gasteiger partial charge < -0.3 is 10.4 Å². The van der Waals surface area contributed by atoms with Crippen molar-refractivity contribution in [1.29, 1.82) is 0 Å². The molecule has 21 heavy (non-hydrogen) atoms. The monoisotopic (exact) mass is 285 g/mol. The third-order valence-corrected chi connectivity index (χ3v) is 3.86. The highest BCUT2D eigenvalue weighted by atomic mass is 19.1. The van der Waals surface area contributed by atoms with Crippen molar-refractivity contribution in [3.05, 3.63) is 70.5 Å². The van der Waals surface area contributed by atoms with Crippen LogP contribution in [0.5, 0.6) is 0 Å². The van der Waals surface area contributed by atoms with Gasteiger partial charge in [-0.25, -0.2) is 4.39 Å². The fourth-order valence-corrected chi connectivity index (χ4v) is 2.78. The second-order valence-corrected chi connectivity index (χ2v) is 5.40. The first kappa shape index (κ1) is 13.8. The SMILES string of the molecule is Cc1ccc(F)c(C(=O)N[C@@H]2c3ccccc3C[C@@H]2O)c1. The van der Waals surface area contributed by atoms with Gasteiger partial charge in [-0.15, -0.1) is 0 Å². The van der Waals surface area contributed by atoms with Gasteiger partial charge in [0.15, 0.2) is 0 Å². The summed E-state index contributed by atoms with van der Waals surface area (Å²) in [5, 5.41) is 12.9. The predicted octanol–water partition coefficient (Wildman–Crippen LogP) is 2.52. The molecular formula is C17H16FNO2. The molecule has 1 amide bonds. The maximum Gasteiger partial charge on any atom is 0.254 e. The lowest BCUT2D eigenvalue weighted by atomic mass is 10.1. The molecule has 0 radical (unpaired) electrons. The van der Waals surface area contributed by atoms with Crippen molar-refractivity contribution < 1.29 is 14.3 Å². The van der Waals surface area contributed by atoms with Crippen molar-refractivity contribution in [2.45, 2.75) is 25.5 Å². The Morgan fingerprint density at radius 1 is 1.29 bits per heavy atom. The number of halogens is 1. The summed E-state index contributed by atoms with van der Waals surface area (Å²) in [5.41, 5.74) is 2.73. The molecule has 0 saturated carbocycles. The van der Waals surface area contributed by atoms with Crippen LogP contribution < -0.4 is 5.32 Å². The van der Waals surface area contributed by atoms with E-state index in [1.807, 2.05) is 24.3 Å². The first-order valence-corrected chi connectivity index (χ1v) is 6.89. The minimum Gasteiger partial charge on any atom is -0.390 e. The van der Waals surface area contributed by atoms with Gasteiger partial charge in [-0.2, -0.15) is 0 Å². The van der Waals surface area contributed by atoms with E-state index in [1.165, 1.54) is 12.1 Å². The van der Waals surface area contributed by atoms with Crippen LogP contribution in [0.3, 0.4) is 0 Å². The van der Waals surface area contributed by atoms with Crippen LogP contribution in [0.4, 0.5) is 4.39 Å². The zero-order chi connectivity index (χ0) is 15.0. The van der Waals surface area contributed by atoms with Crippen LogP contribution in [0, 0.1) is 12.7 Å². The third-order valence-electron chi connectivity index (χ3n) is 3.86. The van der Waals surface area contributed by atoms with Crippen molar-refractivity contribution in [3.8, 4) is 0 Å². The molecule has 2 atom stereocenters. The average Bonchev–Trinajstić information content (AvgIpc) is 2.78. The normalized spacial score (nSPS) is 20.1. The lowest BCUT2D eigenvalue weighted by molar-refractivity contribution is 0.0854. The highest BCUT2D eigenvalue weighted by Gasteiger charge is 2.32. The number of carbonyl (C=O) groups is 1. The molecule has 108 valence electrons. The molecule has 0 fully saturated rings. The van der Waals surface area contributed by atoms with Crippen LogP contribution in [0.2, 0.25) is 0 Å². The second kappa shape index (κ2) is 5.30. The van der Waals surface area contributed by atoms with Crippen LogP contribution >= 0.6 is 0 Å². The Kier molecular flexibility index (Phi) is 3.47. The van der Waals surface area contributed by atoms with E-state index in [-0.39, 0.29) is 5.56 Å². The second-order valence-electron chi connectivity index (χ2n) is 5.40. The molecule has 0 unspecified atom stereocenters. The topological polar surface area (TPSA) is 49.3 Å². The smallest absolute Gasteiger partial charge is 0.254 e. The third kappa shape index (κ3) is 2.54. The summed E-state index contributed by atoms with van der Waals surface area (Å²) in [4.78, 5) is 12.3. The van der Waals surface area contributed by atoms with Crippen LogP contribution in [0.25, 0.3) is 0 Å². The summed E-state index contributed by atoms with van der Waals surface area (Å²) in [5.74, 6) is -1.06. The summed E-state index contributed by atoms with van der Waals surface area (Å²) in [6.45, 7) is 1.80. The molecule has 0 saturated heterocycles. The molecule has 0 spiro atoms. The van der Waals surface area contributed by atoms with E-state index in [9.17, 15) is 14.3 Å². The van der Waals surface area contributed by atoms with Gasteiger partial charge in [0.25, 0.3) is 5.91 Å².